The first-order valence-corrected chi connectivity index (χ1v) is 12.7. The smallest absolute Gasteiger partial charge is 0.146 e. The van der Waals surface area contributed by atoms with Crippen LogP contribution in [0.25, 0.3) is 5.70 Å². The average Bonchev–Trinajstić information content (AvgIpc) is 3.77. The Hall–Kier alpha value is -5.38. The Balaban J connectivity index is 1.26. The van der Waals surface area contributed by atoms with Crippen LogP contribution >= 0.6 is 0 Å². The van der Waals surface area contributed by atoms with E-state index in [4.69, 9.17) is 9.98 Å². The number of dihydropyridines is 1. The summed E-state index contributed by atoms with van der Waals surface area (Å²) in [6.07, 6.45) is 17.8. The zero-order valence-corrected chi connectivity index (χ0v) is 21.3. The molecule has 190 valence electrons. The highest BCUT2D eigenvalue weighted by molar-refractivity contribution is 6.31. The van der Waals surface area contributed by atoms with E-state index >= 15 is 0 Å². The lowest BCUT2D eigenvalue weighted by Crippen LogP contribution is -2.34. The van der Waals surface area contributed by atoms with E-state index < -0.39 is 0 Å². The number of rotatable bonds is 6. The first kappa shape index (κ1) is 21.7. The standard InChI is InChI=1S/C29H24N10/c1-38-9-3-5-22(38)34-20-13-30-11-18(20)26-16-7-8-17-24(16)25-28(36-26)32-15-33-29(25)37-27(17)19-12-31-14-21(19)35-23-6-4-10-39(23)2/h3-15,25,30-31,34-35H,1-2H3. The van der Waals surface area contributed by atoms with Crippen molar-refractivity contribution in [3.05, 3.63) is 101 Å². The van der Waals surface area contributed by atoms with Gasteiger partial charge >= 0.3 is 0 Å². The van der Waals surface area contributed by atoms with E-state index in [-0.39, 0.29) is 5.92 Å². The summed E-state index contributed by atoms with van der Waals surface area (Å²) < 4.78 is 4.09. The third kappa shape index (κ3) is 3.21. The number of hydrogen-bond donors (Lipinski definition) is 4. The van der Waals surface area contributed by atoms with Gasteiger partial charge in [-0.2, -0.15) is 0 Å². The molecule has 0 saturated heterocycles. The van der Waals surface area contributed by atoms with Crippen molar-refractivity contribution >= 4 is 52.4 Å². The van der Waals surface area contributed by atoms with Crippen LogP contribution in [0.5, 0.6) is 0 Å². The van der Waals surface area contributed by atoms with Crippen molar-refractivity contribution in [3.8, 4) is 0 Å². The molecule has 4 aromatic rings. The number of aliphatic imine (C=N–C) groups is 4. The monoisotopic (exact) mass is 512 g/mol. The van der Waals surface area contributed by atoms with Crippen molar-refractivity contribution < 1.29 is 0 Å². The van der Waals surface area contributed by atoms with Crippen molar-refractivity contribution in [2.45, 2.75) is 0 Å². The van der Waals surface area contributed by atoms with Crippen LogP contribution in [-0.2, 0) is 14.1 Å². The number of allylic oxidation sites excluding steroid dienone is 4. The third-order valence-electron chi connectivity index (χ3n) is 7.56. The predicted octanol–water partition coefficient (Wildman–Crippen LogP) is 5.06. The van der Waals surface area contributed by atoms with Crippen molar-refractivity contribution in [3.63, 3.8) is 0 Å². The summed E-state index contributed by atoms with van der Waals surface area (Å²) in [6.45, 7) is 0. The zero-order chi connectivity index (χ0) is 26.1. The number of hydrogen-bond acceptors (Lipinski definition) is 6. The van der Waals surface area contributed by atoms with Crippen LogP contribution in [0.1, 0.15) is 11.1 Å². The maximum Gasteiger partial charge on any atom is 0.146 e. The van der Waals surface area contributed by atoms with Gasteiger partial charge in [0.2, 0.25) is 0 Å². The van der Waals surface area contributed by atoms with Crippen LogP contribution in [-0.4, -0.2) is 42.8 Å². The lowest BCUT2D eigenvalue weighted by atomic mass is 9.81. The summed E-state index contributed by atoms with van der Waals surface area (Å²) in [5, 5.41) is 7.07. The number of H-pyrrole nitrogens is 2. The number of aromatic nitrogens is 4. The zero-order valence-electron chi connectivity index (χ0n) is 21.3. The van der Waals surface area contributed by atoms with E-state index in [0.29, 0.717) is 11.7 Å². The van der Waals surface area contributed by atoms with Gasteiger partial charge in [0.05, 0.1) is 22.8 Å². The molecule has 1 unspecified atom stereocenters. The number of aromatic amines is 2. The van der Waals surface area contributed by atoms with Crippen LogP contribution < -0.4 is 10.6 Å². The predicted molar refractivity (Wildman–Crippen MR) is 155 cm³/mol. The Morgan fingerprint density at radius 2 is 1.44 bits per heavy atom. The maximum atomic E-state index is 5.06. The molecule has 4 aromatic heterocycles. The maximum absolute atomic E-state index is 5.06. The Morgan fingerprint density at radius 1 is 0.769 bits per heavy atom. The van der Waals surface area contributed by atoms with E-state index in [1.165, 1.54) is 0 Å². The molecule has 3 aliphatic heterocycles. The highest BCUT2D eigenvalue weighted by Crippen LogP contribution is 2.47. The summed E-state index contributed by atoms with van der Waals surface area (Å²) >= 11 is 0. The molecule has 0 fully saturated rings. The first-order chi connectivity index (χ1) is 19.2. The lowest BCUT2D eigenvalue weighted by molar-refractivity contribution is 0.936. The minimum absolute atomic E-state index is 0.186. The van der Waals surface area contributed by atoms with Gasteiger partial charge < -0.3 is 29.7 Å². The van der Waals surface area contributed by atoms with Crippen LogP contribution in [0.3, 0.4) is 0 Å². The van der Waals surface area contributed by atoms with Crippen molar-refractivity contribution in [1.29, 1.82) is 0 Å². The highest BCUT2D eigenvalue weighted by atomic mass is 15.1. The van der Waals surface area contributed by atoms with E-state index in [2.05, 4.69) is 42.7 Å². The van der Waals surface area contributed by atoms with Gasteiger partial charge in [0.15, 0.2) is 0 Å². The molecule has 39 heavy (non-hydrogen) atoms. The lowest BCUT2D eigenvalue weighted by Gasteiger charge is -2.31. The van der Waals surface area contributed by atoms with Gasteiger partial charge in [-0.05, 0) is 29.8 Å². The molecule has 0 amide bonds. The van der Waals surface area contributed by atoms with Crippen molar-refractivity contribution in [2.24, 2.45) is 40.0 Å². The molecule has 1 aliphatic carbocycles. The normalized spacial score (nSPS) is 18.8. The van der Waals surface area contributed by atoms with Crippen LogP contribution in [0.15, 0.2) is 110 Å². The summed E-state index contributed by atoms with van der Waals surface area (Å²) in [7, 11) is 4.03. The largest absolute Gasteiger partial charge is 0.365 e. The van der Waals surface area contributed by atoms with Crippen molar-refractivity contribution in [2.75, 3.05) is 10.6 Å². The van der Waals surface area contributed by atoms with E-state index in [9.17, 15) is 0 Å². The summed E-state index contributed by atoms with van der Waals surface area (Å²) in [6, 6.07) is 8.12. The average molecular weight is 513 g/mol. The summed E-state index contributed by atoms with van der Waals surface area (Å²) in [5.41, 5.74) is 8.87. The molecule has 10 heteroatoms. The molecule has 10 nitrogen and oxygen atoms in total. The SMILES string of the molecule is Cn1cccc1Nc1c[nH]cc1C1=NC2=NC=NC3=NC(c4c[nH]cc4Nc4cccn4C)=C4C=CC1=C4C23. The molecule has 7 heterocycles. The third-order valence-corrected chi connectivity index (χ3v) is 7.56. The molecule has 8 rings (SSSR count). The molecule has 0 radical (unpaired) electrons. The molecule has 4 aliphatic rings. The van der Waals surface area contributed by atoms with Gasteiger partial charge in [-0.25, -0.2) is 20.0 Å². The second-order valence-electron chi connectivity index (χ2n) is 9.84. The van der Waals surface area contributed by atoms with E-state index in [0.717, 1.165) is 62.3 Å². The Labute approximate surface area is 223 Å². The van der Waals surface area contributed by atoms with Gasteiger partial charge in [0.1, 0.15) is 35.6 Å². The number of anilines is 4. The fraction of sp³-hybridized carbons (Fsp3) is 0.103. The van der Waals surface area contributed by atoms with Gasteiger partial charge in [-0.3, -0.25) is 0 Å². The summed E-state index contributed by atoms with van der Waals surface area (Å²) in [4.78, 5) is 25.8. The first-order valence-electron chi connectivity index (χ1n) is 12.7. The molecular weight excluding hydrogens is 488 g/mol. The molecule has 0 aromatic carbocycles. The summed E-state index contributed by atoms with van der Waals surface area (Å²) in [5.74, 6) is 3.22. The number of aryl methyl sites for hydroxylation is 2. The quantitative estimate of drug-likeness (QED) is 0.289. The molecule has 4 N–H and O–H groups in total. The minimum Gasteiger partial charge on any atom is -0.365 e. The van der Waals surface area contributed by atoms with E-state index in [1.807, 2.05) is 84.7 Å². The minimum atomic E-state index is -0.186. The second kappa shape index (κ2) is 8.06. The Morgan fingerprint density at radius 3 is 2.13 bits per heavy atom. The fourth-order valence-electron chi connectivity index (χ4n) is 5.62. The number of nitrogens with one attached hydrogen (secondary N) is 4. The number of nitrogens with zero attached hydrogens (tertiary/aromatic N) is 6. The van der Waals surface area contributed by atoms with E-state index in [1.54, 1.807) is 6.34 Å². The van der Waals surface area contributed by atoms with Crippen molar-refractivity contribution in [1.82, 2.24) is 19.1 Å². The molecule has 0 bridgehead atoms. The molecule has 0 spiro atoms. The van der Waals surface area contributed by atoms with Crippen LogP contribution in [0, 0.1) is 5.92 Å². The highest BCUT2D eigenvalue weighted by Gasteiger charge is 2.42. The van der Waals surface area contributed by atoms with Gasteiger partial charge in [-0.1, -0.05) is 12.2 Å². The Bertz CT molecular complexity index is 1890. The Kier molecular flexibility index (Phi) is 4.48. The van der Waals surface area contributed by atoms with Gasteiger partial charge in [0.25, 0.3) is 0 Å². The second-order valence-corrected chi connectivity index (χ2v) is 9.84. The topological polar surface area (TPSA) is 115 Å². The van der Waals surface area contributed by atoms with Gasteiger partial charge in [0, 0.05) is 73.5 Å². The molecule has 0 saturated carbocycles. The molecule has 1 atom stereocenters. The number of amidine groups is 2. The molecular formula is C29H24N10. The van der Waals surface area contributed by atoms with Crippen LogP contribution in [0.2, 0.25) is 0 Å². The van der Waals surface area contributed by atoms with Gasteiger partial charge in [-0.15, -0.1) is 0 Å². The fourth-order valence-corrected chi connectivity index (χ4v) is 5.62. The van der Waals surface area contributed by atoms with Crippen LogP contribution in [0.4, 0.5) is 23.0 Å².